The molecule has 1 aliphatic rings. The van der Waals surface area contributed by atoms with Crippen molar-refractivity contribution in [2.45, 2.75) is 0 Å². The van der Waals surface area contributed by atoms with Crippen molar-refractivity contribution in [2.75, 3.05) is 4.90 Å². The third kappa shape index (κ3) is 2.48. The summed E-state index contributed by atoms with van der Waals surface area (Å²) >= 11 is 1.46. The number of nitrogens with zero attached hydrogens (tertiary/aromatic N) is 1. The number of amides is 4. The third-order valence-corrected chi connectivity index (χ3v) is 3.67. The second kappa shape index (κ2) is 5.34. The van der Waals surface area contributed by atoms with E-state index in [4.69, 9.17) is 0 Å². The average Bonchev–Trinajstić information content (AvgIpc) is 2.97. The lowest BCUT2D eigenvalue weighted by Crippen LogP contribution is -2.54. The van der Waals surface area contributed by atoms with Crippen LogP contribution in [0.5, 0.6) is 0 Å². The first-order valence-corrected chi connectivity index (χ1v) is 7.10. The van der Waals surface area contributed by atoms with Gasteiger partial charge in [0.05, 0.1) is 5.69 Å². The molecule has 0 saturated carbocycles. The molecule has 1 N–H and O–H groups in total. The van der Waals surface area contributed by atoms with Crippen molar-refractivity contribution >= 4 is 40.9 Å². The number of anilines is 1. The highest BCUT2D eigenvalue weighted by Crippen LogP contribution is 2.21. The molecule has 5 nitrogen and oxygen atoms in total. The average molecular weight is 298 g/mol. The fraction of sp³-hybridized carbons (Fsp3) is 0. The lowest BCUT2D eigenvalue weighted by Gasteiger charge is -2.26. The molecule has 2 heterocycles. The predicted octanol–water partition coefficient (Wildman–Crippen LogP) is 2.41. The number of hydrogen-bond donors (Lipinski definition) is 1. The number of benzene rings is 1. The van der Waals surface area contributed by atoms with Gasteiger partial charge in [0.25, 0.3) is 11.8 Å². The topological polar surface area (TPSA) is 66.5 Å². The summed E-state index contributed by atoms with van der Waals surface area (Å²) in [6.45, 7) is 0. The van der Waals surface area contributed by atoms with Crippen LogP contribution in [0.4, 0.5) is 10.5 Å². The molecule has 0 aliphatic carbocycles. The second-order valence-electron chi connectivity index (χ2n) is 4.35. The van der Waals surface area contributed by atoms with Crippen LogP contribution in [0, 0.1) is 0 Å². The minimum atomic E-state index is -0.737. The Balaban J connectivity index is 2.02. The highest BCUT2D eigenvalue weighted by atomic mass is 32.1. The van der Waals surface area contributed by atoms with E-state index in [0.717, 1.165) is 10.5 Å². The number of imide groups is 2. The first-order chi connectivity index (χ1) is 10.2. The van der Waals surface area contributed by atoms with Gasteiger partial charge in [-0.3, -0.25) is 14.9 Å². The summed E-state index contributed by atoms with van der Waals surface area (Å²) in [5, 5.41) is 5.84. The summed E-state index contributed by atoms with van der Waals surface area (Å²) < 4.78 is 0. The van der Waals surface area contributed by atoms with Crippen molar-refractivity contribution in [1.29, 1.82) is 0 Å². The number of rotatable bonds is 2. The molecule has 1 aliphatic heterocycles. The maximum Gasteiger partial charge on any atom is 0.335 e. The SMILES string of the molecule is O=C1NC(=O)N(c2ccccc2)C(=O)C1=Cc1ccsc1. The van der Waals surface area contributed by atoms with Gasteiger partial charge in [0, 0.05) is 0 Å². The molecule has 1 aromatic heterocycles. The first-order valence-electron chi connectivity index (χ1n) is 6.15. The molecule has 104 valence electrons. The summed E-state index contributed by atoms with van der Waals surface area (Å²) in [4.78, 5) is 37.2. The molecule has 0 atom stereocenters. The zero-order valence-corrected chi connectivity index (χ0v) is 11.6. The van der Waals surface area contributed by atoms with Crippen molar-refractivity contribution < 1.29 is 14.4 Å². The Hall–Kier alpha value is -2.73. The highest BCUT2D eigenvalue weighted by Gasteiger charge is 2.36. The molecule has 1 aromatic carbocycles. The smallest absolute Gasteiger partial charge is 0.273 e. The lowest BCUT2D eigenvalue weighted by atomic mass is 10.1. The quantitative estimate of drug-likeness (QED) is 0.684. The van der Waals surface area contributed by atoms with Gasteiger partial charge in [-0.2, -0.15) is 11.3 Å². The van der Waals surface area contributed by atoms with Crippen LogP contribution in [0.25, 0.3) is 6.08 Å². The van der Waals surface area contributed by atoms with E-state index in [2.05, 4.69) is 5.32 Å². The van der Waals surface area contributed by atoms with Crippen LogP contribution in [-0.4, -0.2) is 17.8 Å². The maximum absolute atomic E-state index is 12.5. The Morgan fingerprint density at radius 1 is 1.05 bits per heavy atom. The fourth-order valence-corrected chi connectivity index (χ4v) is 2.61. The molecular formula is C15H10N2O3S. The standard InChI is InChI=1S/C15H10N2O3S/c18-13-12(8-10-6-7-21-9-10)14(19)17(15(20)16-13)11-4-2-1-3-5-11/h1-9H,(H,16,18,20). The predicted molar refractivity (Wildman–Crippen MR) is 79.8 cm³/mol. The van der Waals surface area contributed by atoms with Crippen molar-refractivity contribution in [1.82, 2.24) is 5.32 Å². The number of thiophene rings is 1. The Labute approximate surface area is 124 Å². The van der Waals surface area contributed by atoms with Crippen molar-refractivity contribution in [3.8, 4) is 0 Å². The summed E-state index contributed by atoms with van der Waals surface area (Å²) in [5.41, 5.74) is 1.11. The largest absolute Gasteiger partial charge is 0.335 e. The zero-order valence-electron chi connectivity index (χ0n) is 10.8. The van der Waals surface area contributed by atoms with Gasteiger partial charge < -0.3 is 0 Å². The molecule has 6 heteroatoms. The fourth-order valence-electron chi connectivity index (χ4n) is 1.99. The summed E-state index contributed by atoms with van der Waals surface area (Å²) in [5.74, 6) is -1.30. The molecular weight excluding hydrogens is 288 g/mol. The van der Waals surface area contributed by atoms with Crippen LogP contribution in [0.15, 0.2) is 52.7 Å². The Morgan fingerprint density at radius 2 is 1.81 bits per heavy atom. The monoisotopic (exact) mass is 298 g/mol. The van der Waals surface area contributed by atoms with Crippen molar-refractivity contribution in [3.63, 3.8) is 0 Å². The molecule has 0 spiro atoms. The number of hydrogen-bond acceptors (Lipinski definition) is 4. The number of barbiturate groups is 1. The van der Waals surface area contributed by atoms with E-state index >= 15 is 0 Å². The number of nitrogens with one attached hydrogen (secondary N) is 1. The molecule has 1 saturated heterocycles. The van der Waals surface area contributed by atoms with E-state index in [9.17, 15) is 14.4 Å². The Kier molecular flexibility index (Phi) is 3.37. The molecule has 0 unspecified atom stereocenters. The summed E-state index contributed by atoms with van der Waals surface area (Å²) in [7, 11) is 0. The van der Waals surface area contributed by atoms with Gasteiger partial charge in [0.1, 0.15) is 5.57 Å². The molecule has 0 bridgehead atoms. The first kappa shape index (κ1) is 13.3. The third-order valence-electron chi connectivity index (χ3n) is 2.97. The number of urea groups is 1. The van der Waals surface area contributed by atoms with Crippen LogP contribution >= 0.6 is 11.3 Å². The van der Waals surface area contributed by atoms with Crippen LogP contribution in [0.2, 0.25) is 0 Å². The minimum Gasteiger partial charge on any atom is -0.273 e. The van der Waals surface area contributed by atoms with Gasteiger partial charge in [-0.15, -0.1) is 0 Å². The van der Waals surface area contributed by atoms with Gasteiger partial charge >= 0.3 is 6.03 Å². The van der Waals surface area contributed by atoms with Crippen molar-refractivity contribution in [2.24, 2.45) is 0 Å². The molecule has 1 fully saturated rings. The molecule has 0 radical (unpaired) electrons. The van der Waals surface area contributed by atoms with Crippen LogP contribution in [-0.2, 0) is 9.59 Å². The van der Waals surface area contributed by atoms with E-state index in [1.54, 1.807) is 36.4 Å². The Morgan fingerprint density at radius 3 is 2.48 bits per heavy atom. The number of carbonyl (C=O) groups is 3. The normalized spacial score (nSPS) is 17.2. The van der Waals surface area contributed by atoms with Gasteiger partial charge in [0.15, 0.2) is 0 Å². The highest BCUT2D eigenvalue weighted by molar-refractivity contribution is 7.08. The molecule has 3 rings (SSSR count). The Bertz CT molecular complexity index is 736. The van der Waals surface area contributed by atoms with E-state index in [-0.39, 0.29) is 5.57 Å². The van der Waals surface area contributed by atoms with E-state index in [1.807, 2.05) is 10.8 Å². The van der Waals surface area contributed by atoms with Gasteiger partial charge in [-0.25, -0.2) is 9.69 Å². The van der Waals surface area contributed by atoms with E-state index < -0.39 is 17.8 Å². The van der Waals surface area contributed by atoms with Gasteiger partial charge in [-0.1, -0.05) is 18.2 Å². The number of para-hydroxylation sites is 1. The van der Waals surface area contributed by atoms with Gasteiger partial charge in [-0.05, 0) is 40.6 Å². The van der Waals surface area contributed by atoms with Gasteiger partial charge in [0.2, 0.25) is 0 Å². The maximum atomic E-state index is 12.5. The lowest BCUT2D eigenvalue weighted by molar-refractivity contribution is -0.122. The molecule has 21 heavy (non-hydrogen) atoms. The number of carbonyl (C=O) groups excluding carboxylic acids is 3. The van der Waals surface area contributed by atoms with Crippen LogP contribution < -0.4 is 10.2 Å². The van der Waals surface area contributed by atoms with E-state index in [0.29, 0.717) is 5.69 Å². The summed E-state index contributed by atoms with van der Waals surface area (Å²) in [6.07, 6.45) is 1.48. The van der Waals surface area contributed by atoms with Crippen LogP contribution in [0.1, 0.15) is 5.56 Å². The van der Waals surface area contributed by atoms with Crippen molar-refractivity contribution in [3.05, 3.63) is 58.3 Å². The van der Waals surface area contributed by atoms with Crippen LogP contribution in [0.3, 0.4) is 0 Å². The van der Waals surface area contributed by atoms with E-state index in [1.165, 1.54) is 17.4 Å². The zero-order chi connectivity index (χ0) is 14.8. The molecule has 4 amide bonds. The minimum absolute atomic E-state index is 0.0585. The molecule has 2 aromatic rings. The summed E-state index contributed by atoms with van der Waals surface area (Å²) in [6, 6.07) is 9.54. The second-order valence-corrected chi connectivity index (χ2v) is 5.13.